The number of nitrogens with zero attached hydrogens (tertiary/aromatic N) is 2. The third-order valence-electron chi connectivity index (χ3n) is 5.04. The highest BCUT2D eigenvalue weighted by atomic mass is 35.5. The Bertz CT molecular complexity index is 1110. The summed E-state index contributed by atoms with van der Waals surface area (Å²) in [6, 6.07) is 11.7. The number of carbonyl (C=O) groups excluding carboxylic acids is 2. The lowest BCUT2D eigenvalue weighted by Crippen LogP contribution is -2.46. The summed E-state index contributed by atoms with van der Waals surface area (Å²) in [5.41, 5.74) is 1.15. The molecule has 1 heterocycles. The molecule has 0 saturated heterocycles. The van der Waals surface area contributed by atoms with E-state index in [2.05, 4.69) is 20.6 Å². The predicted octanol–water partition coefficient (Wildman–Crippen LogP) is 3.77. The molecule has 0 aliphatic rings. The van der Waals surface area contributed by atoms with E-state index in [1.165, 1.54) is 18.7 Å². The Labute approximate surface area is 208 Å². The average molecular weight is 499 g/mol. The smallest absolute Gasteiger partial charge is 0.255 e. The fourth-order valence-corrected chi connectivity index (χ4v) is 3.37. The van der Waals surface area contributed by atoms with Crippen molar-refractivity contribution >= 4 is 23.4 Å². The largest absolute Gasteiger partial charge is 0.497 e. The van der Waals surface area contributed by atoms with Crippen molar-refractivity contribution in [3.05, 3.63) is 77.3 Å². The summed E-state index contributed by atoms with van der Waals surface area (Å²) in [5, 5.41) is 6.06. The Hall–Kier alpha value is -3.69. The van der Waals surface area contributed by atoms with Gasteiger partial charge in [0.15, 0.2) is 0 Å². The molecule has 9 nitrogen and oxygen atoms in total. The topological polar surface area (TPSA) is 112 Å². The Balaban J connectivity index is 1.57. The third-order valence-corrected chi connectivity index (χ3v) is 5.34. The van der Waals surface area contributed by atoms with Crippen LogP contribution >= 0.6 is 11.6 Å². The maximum Gasteiger partial charge on any atom is 0.255 e. The van der Waals surface area contributed by atoms with Gasteiger partial charge in [-0.25, -0.2) is 9.97 Å². The molecule has 3 rings (SSSR count). The van der Waals surface area contributed by atoms with Crippen molar-refractivity contribution in [1.82, 2.24) is 20.6 Å². The number of methoxy groups -OCH3 is 2. The van der Waals surface area contributed by atoms with Crippen molar-refractivity contribution in [2.24, 2.45) is 0 Å². The van der Waals surface area contributed by atoms with Crippen molar-refractivity contribution in [3.8, 4) is 17.2 Å². The first-order valence-corrected chi connectivity index (χ1v) is 11.3. The maximum atomic E-state index is 12.8. The summed E-state index contributed by atoms with van der Waals surface area (Å²) >= 11 is 6.23. The Kier molecular flexibility index (Phi) is 9.82. The highest BCUT2D eigenvalue weighted by Crippen LogP contribution is 2.32. The van der Waals surface area contributed by atoms with Crippen LogP contribution in [0.15, 0.2) is 61.2 Å². The zero-order valence-electron chi connectivity index (χ0n) is 19.5. The van der Waals surface area contributed by atoms with Gasteiger partial charge in [0.25, 0.3) is 5.91 Å². The van der Waals surface area contributed by atoms with Crippen molar-refractivity contribution in [2.45, 2.75) is 25.4 Å². The van der Waals surface area contributed by atoms with Crippen molar-refractivity contribution in [3.63, 3.8) is 0 Å². The van der Waals surface area contributed by atoms with Crippen LogP contribution in [0.4, 0.5) is 0 Å². The SMILES string of the molecule is COCCCC(NC(=O)c1cncnc1)C(=O)NCc1ccc(Oc2ccc(OC)cc2Cl)cc1. The minimum absolute atomic E-state index is 0.282. The van der Waals surface area contributed by atoms with Crippen molar-refractivity contribution < 1.29 is 23.8 Å². The number of rotatable bonds is 12. The van der Waals surface area contributed by atoms with Gasteiger partial charge in [-0.15, -0.1) is 0 Å². The van der Waals surface area contributed by atoms with E-state index in [1.807, 2.05) is 12.1 Å². The second-order valence-corrected chi connectivity index (χ2v) is 7.96. The lowest BCUT2D eigenvalue weighted by atomic mass is 10.1. The van der Waals surface area contributed by atoms with E-state index in [1.54, 1.807) is 44.6 Å². The molecule has 0 radical (unpaired) electrons. The lowest BCUT2D eigenvalue weighted by molar-refractivity contribution is -0.123. The van der Waals surface area contributed by atoms with E-state index >= 15 is 0 Å². The zero-order chi connectivity index (χ0) is 25.0. The summed E-state index contributed by atoms with van der Waals surface area (Å²) < 4.78 is 16.0. The lowest BCUT2D eigenvalue weighted by Gasteiger charge is -2.18. The zero-order valence-corrected chi connectivity index (χ0v) is 20.2. The average Bonchev–Trinajstić information content (AvgIpc) is 2.89. The molecule has 0 saturated carbocycles. The fourth-order valence-electron chi connectivity index (χ4n) is 3.16. The first-order chi connectivity index (χ1) is 17.0. The van der Waals surface area contributed by atoms with E-state index in [9.17, 15) is 9.59 Å². The number of aromatic nitrogens is 2. The number of halogens is 1. The van der Waals surface area contributed by atoms with Crippen LogP contribution < -0.4 is 20.1 Å². The molecule has 0 aliphatic carbocycles. The van der Waals surface area contributed by atoms with Gasteiger partial charge in [-0.05, 0) is 42.7 Å². The van der Waals surface area contributed by atoms with Gasteiger partial charge < -0.3 is 24.8 Å². The van der Waals surface area contributed by atoms with Crippen LogP contribution in [0, 0.1) is 0 Å². The third kappa shape index (κ3) is 7.94. The summed E-state index contributed by atoms with van der Waals surface area (Å²) in [6.07, 6.45) is 5.17. The number of amides is 2. The highest BCUT2D eigenvalue weighted by Gasteiger charge is 2.21. The van der Waals surface area contributed by atoms with Crippen LogP contribution in [-0.2, 0) is 16.1 Å². The molecule has 0 bridgehead atoms. The first-order valence-electron chi connectivity index (χ1n) is 10.9. The minimum Gasteiger partial charge on any atom is -0.497 e. The first kappa shape index (κ1) is 25.9. The highest BCUT2D eigenvalue weighted by molar-refractivity contribution is 6.32. The van der Waals surface area contributed by atoms with Crippen LogP contribution in [0.2, 0.25) is 5.02 Å². The van der Waals surface area contributed by atoms with E-state index in [0.717, 1.165) is 5.56 Å². The van der Waals surface area contributed by atoms with Gasteiger partial charge in [-0.2, -0.15) is 0 Å². The van der Waals surface area contributed by atoms with Crippen LogP contribution in [-0.4, -0.2) is 48.7 Å². The van der Waals surface area contributed by atoms with Gasteiger partial charge in [0.2, 0.25) is 5.91 Å². The number of benzene rings is 2. The molecule has 1 unspecified atom stereocenters. The summed E-state index contributed by atoms with van der Waals surface area (Å²) in [6.45, 7) is 0.765. The van der Waals surface area contributed by atoms with Gasteiger partial charge in [0.1, 0.15) is 29.6 Å². The van der Waals surface area contributed by atoms with Crippen molar-refractivity contribution in [2.75, 3.05) is 20.8 Å². The Morgan fingerprint density at radius 2 is 1.74 bits per heavy atom. The molecule has 10 heteroatoms. The predicted molar refractivity (Wildman–Crippen MR) is 131 cm³/mol. The second-order valence-electron chi connectivity index (χ2n) is 7.55. The summed E-state index contributed by atoms with van der Waals surface area (Å²) in [7, 11) is 3.16. The molecule has 0 aliphatic heterocycles. The molecule has 3 aromatic rings. The number of hydrogen-bond donors (Lipinski definition) is 2. The molecule has 2 aromatic carbocycles. The van der Waals surface area contributed by atoms with Gasteiger partial charge in [0, 0.05) is 38.7 Å². The van der Waals surface area contributed by atoms with Crippen LogP contribution in [0.1, 0.15) is 28.8 Å². The fraction of sp³-hybridized carbons (Fsp3) is 0.280. The van der Waals surface area contributed by atoms with E-state index in [-0.39, 0.29) is 18.0 Å². The molecule has 184 valence electrons. The Morgan fingerprint density at radius 1 is 1.03 bits per heavy atom. The molecule has 0 spiro atoms. The molecule has 1 aromatic heterocycles. The second kappa shape index (κ2) is 13.3. The van der Waals surface area contributed by atoms with E-state index in [0.29, 0.717) is 41.7 Å². The Morgan fingerprint density at radius 3 is 2.40 bits per heavy atom. The molecule has 0 fully saturated rings. The minimum atomic E-state index is -0.724. The van der Waals surface area contributed by atoms with Gasteiger partial charge >= 0.3 is 0 Å². The molecular formula is C25H27ClN4O5. The molecule has 2 N–H and O–H groups in total. The maximum absolute atomic E-state index is 12.8. The normalized spacial score (nSPS) is 11.4. The van der Waals surface area contributed by atoms with Gasteiger partial charge in [-0.1, -0.05) is 23.7 Å². The van der Waals surface area contributed by atoms with E-state index < -0.39 is 11.9 Å². The molecule has 2 amide bonds. The van der Waals surface area contributed by atoms with Crippen LogP contribution in [0.5, 0.6) is 17.2 Å². The standard InChI is InChI=1S/C25H27ClN4O5/c1-33-11-3-4-22(30-24(31)18-14-27-16-28-15-18)25(32)29-13-17-5-7-19(8-6-17)35-23-10-9-20(34-2)12-21(23)26/h5-10,12,14-16,22H,3-4,11,13H2,1-2H3,(H,29,32)(H,30,31). The molecular weight excluding hydrogens is 472 g/mol. The monoisotopic (exact) mass is 498 g/mol. The van der Waals surface area contributed by atoms with Crippen molar-refractivity contribution in [1.29, 1.82) is 0 Å². The molecule has 1 atom stereocenters. The van der Waals surface area contributed by atoms with Gasteiger partial charge in [0.05, 0.1) is 17.7 Å². The number of ether oxygens (including phenoxy) is 3. The summed E-state index contributed by atoms with van der Waals surface area (Å²) in [4.78, 5) is 33.0. The van der Waals surface area contributed by atoms with Crippen LogP contribution in [0.3, 0.4) is 0 Å². The quantitative estimate of drug-likeness (QED) is 0.365. The van der Waals surface area contributed by atoms with Crippen LogP contribution in [0.25, 0.3) is 0 Å². The van der Waals surface area contributed by atoms with E-state index in [4.69, 9.17) is 25.8 Å². The number of carbonyl (C=O) groups is 2. The summed E-state index contributed by atoms with van der Waals surface area (Å²) in [5.74, 6) is 1.04. The number of nitrogens with one attached hydrogen (secondary N) is 2. The molecule has 35 heavy (non-hydrogen) atoms. The number of hydrogen-bond acceptors (Lipinski definition) is 7. The van der Waals surface area contributed by atoms with Gasteiger partial charge in [-0.3, -0.25) is 9.59 Å².